The third-order valence-corrected chi connectivity index (χ3v) is 8.71. The molecule has 26 heteroatoms. The quantitative estimate of drug-likeness (QED) is 0.144. The number of H-pyrrole nitrogens is 2. The number of aryl methyl sites for hydroxylation is 11. The van der Waals surface area contributed by atoms with Crippen LogP contribution in [0.25, 0.3) is 0 Å². The largest absolute Gasteiger partial charge is 0.365 e. The first-order valence-corrected chi connectivity index (χ1v) is 22.6. The van der Waals surface area contributed by atoms with E-state index in [4.69, 9.17) is 0 Å². The molecular formula is C40H55N19O3S4. The lowest BCUT2D eigenvalue weighted by Crippen LogP contribution is -1.83. The van der Waals surface area contributed by atoms with E-state index in [2.05, 4.69) is 97.8 Å². The molecule has 0 radical (unpaired) electrons. The molecule has 0 amide bonds. The van der Waals surface area contributed by atoms with Gasteiger partial charge < -0.3 is 23.1 Å². The monoisotopic (exact) mass is 977 g/mol. The Morgan fingerprint density at radius 1 is 0.652 bits per heavy atom. The minimum atomic E-state index is 0.676. The molecule has 0 aliphatic rings. The highest BCUT2D eigenvalue weighted by Crippen LogP contribution is 1.97. The van der Waals surface area contributed by atoms with E-state index >= 15 is 0 Å². The van der Waals surface area contributed by atoms with Gasteiger partial charge in [-0.15, -0.1) is 21.5 Å². The van der Waals surface area contributed by atoms with Crippen molar-refractivity contribution in [2.24, 2.45) is 14.1 Å². The molecular weight excluding hydrogens is 923 g/mol. The minimum absolute atomic E-state index is 0.676. The number of aromatic amines is 2. The Kier molecular flexibility index (Phi) is 32.8. The second-order valence-corrected chi connectivity index (χ2v) is 15.0. The van der Waals surface area contributed by atoms with Crippen LogP contribution in [0.4, 0.5) is 0 Å². The lowest BCUT2D eigenvalue weighted by atomic mass is 10.4. The number of thiazole rings is 1. The molecule has 0 unspecified atom stereocenters. The number of imidazole rings is 1. The molecule has 0 saturated heterocycles. The van der Waals surface area contributed by atoms with Crippen LogP contribution >= 0.6 is 45.9 Å². The van der Waals surface area contributed by atoms with E-state index in [1.165, 1.54) is 59.1 Å². The number of hydrogen-bond acceptors (Lipinski definition) is 22. The number of nitrogens with one attached hydrogen (secondary N) is 2. The van der Waals surface area contributed by atoms with Crippen molar-refractivity contribution in [1.29, 1.82) is 0 Å². The number of hydrogen-bond donors (Lipinski definition) is 2. The molecule has 0 aliphatic carbocycles. The van der Waals surface area contributed by atoms with E-state index in [9.17, 15) is 0 Å². The summed E-state index contributed by atoms with van der Waals surface area (Å²) in [4.78, 5) is 21.8. The van der Waals surface area contributed by atoms with Crippen LogP contribution < -0.4 is 0 Å². The molecule has 66 heavy (non-hydrogen) atoms. The molecule has 0 atom stereocenters. The maximum absolute atomic E-state index is 4.46. The van der Waals surface area contributed by atoms with Gasteiger partial charge in [-0.25, -0.2) is 19.3 Å². The first-order chi connectivity index (χ1) is 31.8. The van der Waals surface area contributed by atoms with Gasteiger partial charge in [-0.1, -0.05) is 14.8 Å². The summed E-state index contributed by atoms with van der Waals surface area (Å²) in [5.74, 6) is 2.39. The second-order valence-electron chi connectivity index (χ2n) is 12.4. The summed E-state index contributed by atoms with van der Waals surface area (Å²) in [6.45, 7) is 17.1. The van der Waals surface area contributed by atoms with Crippen LogP contribution in [-0.4, -0.2) is 93.5 Å². The predicted molar refractivity (Wildman–Crippen MR) is 255 cm³/mol. The van der Waals surface area contributed by atoms with E-state index in [1.807, 2.05) is 139 Å². The van der Waals surface area contributed by atoms with Crippen molar-refractivity contribution < 1.29 is 13.6 Å². The lowest BCUT2D eigenvalue weighted by Gasteiger charge is -1.79. The predicted octanol–water partition coefficient (Wildman–Crippen LogP) is 8.61. The van der Waals surface area contributed by atoms with Crippen molar-refractivity contribution in [3.8, 4) is 0 Å². The van der Waals surface area contributed by atoms with Crippen LogP contribution in [0.2, 0.25) is 0 Å². The molecule has 11 heterocycles. The molecule has 11 aromatic rings. The average molecular weight is 978 g/mol. The molecule has 2 N–H and O–H groups in total. The number of aromatic nitrogens is 19. The highest BCUT2D eigenvalue weighted by molar-refractivity contribution is 7.07. The van der Waals surface area contributed by atoms with Gasteiger partial charge in [0.25, 0.3) is 0 Å². The topological polar surface area (TPSA) is 274 Å². The van der Waals surface area contributed by atoms with Gasteiger partial charge in [0.15, 0.2) is 5.82 Å². The van der Waals surface area contributed by atoms with Crippen LogP contribution in [0.1, 0.15) is 51.4 Å². The summed E-state index contributed by atoms with van der Waals surface area (Å²) in [6, 6.07) is 5.89. The molecule has 0 fully saturated rings. The molecule has 11 aromatic heterocycles. The van der Waals surface area contributed by atoms with Gasteiger partial charge in [0.05, 0.1) is 23.7 Å². The average Bonchev–Trinajstić information content (AvgIpc) is 4.13. The Balaban J connectivity index is 0.000000363. The van der Waals surface area contributed by atoms with Crippen molar-refractivity contribution >= 4 is 45.9 Å². The molecule has 0 aliphatic heterocycles. The molecule has 352 valence electrons. The standard InChI is InChI=1S/C5H7N.2C4H6N2.C4H5NO.2C4H5NS.C3H5N3.2C3H4N2O.2C3H4N2S/c1-6-4-2-3-5-6;1-4-2-5-3-6-4;1-6-4-2-3-5-6;1-4-2-5-6-3-4;1-4-2-6-3-5-4;1-4-2-5-6-3-4;1-3-4-2-5-6-3;1-3-4-2-6-5-3;1-3-2-6-5-4-3;1-3-4-2-6-5-3;1-3-2-6-5-4-3/h2-5H,1H3;2-3H,1H3,(H,5,6);2-4H,1H3;3*2-3H,1H3;2H,1H3,(H,4,5,6);4*2H,1H3. The van der Waals surface area contributed by atoms with Crippen molar-refractivity contribution in [2.45, 2.75) is 62.3 Å². The van der Waals surface area contributed by atoms with E-state index in [1.54, 1.807) is 59.6 Å². The van der Waals surface area contributed by atoms with Crippen molar-refractivity contribution in [3.63, 3.8) is 0 Å². The van der Waals surface area contributed by atoms with Crippen LogP contribution in [0.5, 0.6) is 0 Å². The van der Waals surface area contributed by atoms with E-state index in [0.717, 1.165) is 40.0 Å². The smallest absolute Gasteiger partial charge is 0.213 e. The van der Waals surface area contributed by atoms with Crippen LogP contribution in [0, 0.1) is 62.3 Å². The van der Waals surface area contributed by atoms with E-state index < -0.39 is 0 Å². The second kappa shape index (κ2) is 38.2. The molecule has 0 aromatic carbocycles. The Morgan fingerprint density at radius 3 is 1.62 bits per heavy atom. The Bertz CT molecular complexity index is 1850. The zero-order valence-corrected chi connectivity index (χ0v) is 41.8. The van der Waals surface area contributed by atoms with Gasteiger partial charge >= 0.3 is 0 Å². The van der Waals surface area contributed by atoms with Gasteiger partial charge in [0.2, 0.25) is 6.39 Å². The van der Waals surface area contributed by atoms with Crippen LogP contribution in [-0.2, 0) is 14.1 Å². The minimum Gasteiger partial charge on any atom is -0.365 e. The summed E-state index contributed by atoms with van der Waals surface area (Å²) in [6.07, 6.45) is 20.5. The Hall–Kier alpha value is -7.29. The fourth-order valence-electron chi connectivity index (χ4n) is 3.02. The number of rotatable bonds is 0. The van der Waals surface area contributed by atoms with E-state index in [0.29, 0.717) is 5.82 Å². The third kappa shape index (κ3) is 36.2. The maximum Gasteiger partial charge on any atom is 0.213 e. The molecule has 22 nitrogen and oxygen atoms in total. The molecule has 0 bridgehead atoms. The Morgan fingerprint density at radius 2 is 1.45 bits per heavy atom. The van der Waals surface area contributed by atoms with Gasteiger partial charge in [0.1, 0.15) is 41.7 Å². The SMILES string of the molecule is Cc1cnc[nH]1.Cc1cnoc1.Cc1cnsc1.Cc1conn1.Cc1cscn1.Cc1csnn1.Cc1ncn[nH]1.Cc1ncon1.Cc1ncsn1.Cn1cccc1.Cn1cccn1. The molecule has 0 saturated carbocycles. The zero-order chi connectivity index (χ0) is 48.5. The number of nitrogens with zero attached hydrogens (tertiary/aromatic N) is 17. The molecule has 11 rings (SSSR count). The van der Waals surface area contributed by atoms with E-state index in [-0.39, 0.29) is 0 Å². The first kappa shape index (κ1) is 56.7. The maximum atomic E-state index is 4.46. The summed E-state index contributed by atoms with van der Waals surface area (Å²) in [7, 11) is 3.89. The van der Waals surface area contributed by atoms with Gasteiger partial charge in [-0.2, -0.15) is 19.6 Å². The summed E-state index contributed by atoms with van der Waals surface area (Å²) in [5, 5.41) is 33.2. The highest BCUT2D eigenvalue weighted by atomic mass is 32.1. The van der Waals surface area contributed by atoms with Crippen LogP contribution in [0.15, 0.2) is 134 Å². The highest BCUT2D eigenvalue weighted by Gasteiger charge is 1.82. The summed E-state index contributed by atoms with van der Waals surface area (Å²) in [5.41, 5.74) is 9.89. The first-order valence-electron chi connectivity index (χ1n) is 19.1. The third-order valence-electron chi connectivity index (χ3n) is 6.11. The van der Waals surface area contributed by atoms with Crippen molar-refractivity contribution in [3.05, 3.63) is 172 Å². The van der Waals surface area contributed by atoms with Gasteiger partial charge in [0, 0.05) is 89.6 Å². The Labute approximate surface area is 399 Å². The summed E-state index contributed by atoms with van der Waals surface area (Å²) >= 11 is 5.88. The lowest BCUT2D eigenvalue weighted by molar-refractivity contribution is 0.392. The van der Waals surface area contributed by atoms with Crippen LogP contribution in [0.3, 0.4) is 0 Å². The van der Waals surface area contributed by atoms with Gasteiger partial charge in [-0.3, -0.25) is 14.8 Å². The zero-order valence-electron chi connectivity index (χ0n) is 38.5. The summed E-state index contributed by atoms with van der Waals surface area (Å²) < 4.78 is 28.2. The normalized spacial score (nSPS) is 8.83. The fraction of sp³-hybridized carbons (Fsp3) is 0.275. The van der Waals surface area contributed by atoms with Crippen molar-refractivity contribution in [1.82, 2.24) is 93.5 Å². The van der Waals surface area contributed by atoms with Gasteiger partial charge in [-0.05, 0) is 121 Å². The fourth-order valence-corrected chi connectivity index (χ4v) is 4.95. The molecule has 0 spiro atoms. The van der Waals surface area contributed by atoms with Crippen molar-refractivity contribution in [2.75, 3.05) is 0 Å².